The first kappa shape index (κ1) is 19.0. The maximum absolute atomic E-state index is 11.7. The normalized spacial score (nSPS) is 10.4. The molecule has 0 heterocycles. The van der Waals surface area contributed by atoms with Gasteiger partial charge in [0.2, 0.25) is 0 Å². The molecule has 0 saturated heterocycles. The summed E-state index contributed by atoms with van der Waals surface area (Å²) in [5, 5.41) is 6.61. The van der Waals surface area contributed by atoms with Crippen LogP contribution in [-0.4, -0.2) is 25.5 Å². The molecular formula is C22H21N3O3. The lowest BCUT2D eigenvalue weighted by Crippen LogP contribution is -2.24. The molecule has 0 spiro atoms. The lowest BCUT2D eigenvalue weighted by molar-refractivity contribution is 0.217. The standard InChI is InChI=1S/C22H21N3O3/c26-22(24-19-7-3-1-4-8-19)25-23-17-18-11-13-21(14-12-18)28-16-15-27-20-9-5-2-6-10-20/h1-14,17H,15-16H2,(H2,24,25,26)/b23-17+. The van der Waals surface area contributed by atoms with Crippen molar-refractivity contribution in [3.63, 3.8) is 0 Å². The van der Waals surface area contributed by atoms with Gasteiger partial charge in [-0.3, -0.25) is 0 Å². The molecule has 6 heteroatoms. The molecule has 0 bridgehead atoms. The summed E-state index contributed by atoms with van der Waals surface area (Å²) in [6.07, 6.45) is 1.56. The molecule has 0 fully saturated rings. The van der Waals surface area contributed by atoms with Gasteiger partial charge in [-0.1, -0.05) is 36.4 Å². The average molecular weight is 375 g/mol. The average Bonchev–Trinajstić information content (AvgIpc) is 2.74. The van der Waals surface area contributed by atoms with Crippen molar-refractivity contribution in [2.75, 3.05) is 18.5 Å². The first-order chi connectivity index (χ1) is 13.8. The van der Waals surface area contributed by atoms with Crippen molar-refractivity contribution < 1.29 is 14.3 Å². The van der Waals surface area contributed by atoms with Crippen molar-refractivity contribution in [2.24, 2.45) is 5.10 Å². The molecule has 0 saturated carbocycles. The van der Waals surface area contributed by atoms with Gasteiger partial charge in [0.1, 0.15) is 24.7 Å². The highest BCUT2D eigenvalue weighted by atomic mass is 16.5. The number of hydrazone groups is 1. The third-order valence-corrected chi connectivity index (χ3v) is 3.66. The highest BCUT2D eigenvalue weighted by molar-refractivity contribution is 5.90. The summed E-state index contributed by atoms with van der Waals surface area (Å²) in [5.41, 5.74) is 3.97. The molecule has 3 rings (SSSR count). The fraction of sp³-hybridized carbons (Fsp3) is 0.0909. The number of anilines is 1. The summed E-state index contributed by atoms with van der Waals surface area (Å²) in [4.78, 5) is 11.7. The van der Waals surface area contributed by atoms with Crippen molar-refractivity contribution >= 4 is 17.9 Å². The van der Waals surface area contributed by atoms with Crippen LogP contribution in [0.2, 0.25) is 0 Å². The van der Waals surface area contributed by atoms with Gasteiger partial charge >= 0.3 is 6.03 Å². The van der Waals surface area contributed by atoms with Crippen molar-refractivity contribution in [1.82, 2.24) is 5.43 Å². The zero-order valence-corrected chi connectivity index (χ0v) is 15.2. The monoisotopic (exact) mass is 375 g/mol. The number of amides is 2. The van der Waals surface area contributed by atoms with E-state index in [2.05, 4.69) is 15.8 Å². The summed E-state index contributed by atoms with van der Waals surface area (Å²) in [6.45, 7) is 0.914. The van der Waals surface area contributed by atoms with Crippen LogP contribution in [-0.2, 0) is 0 Å². The number of nitrogens with zero attached hydrogens (tertiary/aromatic N) is 1. The predicted molar refractivity (Wildman–Crippen MR) is 110 cm³/mol. The third kappa shape index (κ3) is 6.49. The maximum Gasteiger partial charge on any atom is 0.339 e. The number of carbonyl (C=O) groups is 1. The fourth-order valence-corrected chi connectivity index (χ4v) is 2.33. The van der Waals surface area contributed by atoms with Gasteiger partial charge in [0.25, 0.3) is 0 Å². The molecule has 2 N–H and O–H groups in total. The second-order valence-electron chi connectivity index (χ2n) is 5.77. The Kier molecular flexibility index (Phi) is 7.03. The van der Waals surface area contributed by atoms with Gasteiger partial charge in [-0.25, -0.2) is 10.2 Å². The van der Waals surface area contributed by atoms with Gasteiger partial charge in [0, 0.05) is 5.69 Å². The first-order valence-corrected chi connectivity index (χ1v) is 8.85. The minimum Gasteiger partial charge on any atom is -0.490 e. The molecule has 3 aromatic carbocycles. The molecule has 28 heavy (non-hydrogen) atoms. The Balaban J connectivity index is 1.37. The van der Waals surface area contributed by atoms with E-state index in [1.165, 1.54) is 0 Å². The van der Waals surface area contributed by atoms with Crippen molar-refractivity contribution in [2.45, 2.75) is 0 Å². The summed E-state index contributed by atoms with van der Waals surface area (Å²) in [6, 6.07) is 25.8. The number of hydrogen-bond acceptors (Lipinski definition) is 4. The zero-order chi connectivity index (χ0) is 19.4. The second-order valence-corrected chi connectivity index (χ2v) is 5.77. The SMILES string of the molecule is O=C(N/N=C/c1ccc(OCCOc2ccccc2)cc1)Nc1ccccc1. The van der Waals surface area contributed by atoms with Crippen LogP contribution in [0.15, 0.2) is 90.0 Å². The highest BCUT2D eigenvalue weighted by Crippen LogP contribution is 2.12. The van der Waals surface area contributed by atoms with Crippen LogP contribution in [0, 0.1) is 0 Å². The van der Waals surface area contributed by atoms with Crippen molar-refractivity contribution in [3.8, 4) is 11.5 Å². The van der Waals surface area contributed by atoms with Crippen LogP contribution in [0.1, 0.15) is 5.56 Å². The lowest BCUT2D eigenvalue weighted by atomic mass is 10.2. The maximum atomic E-state index is 11.7. The van der Waals surface area contributed by atoms with E-state index in [0.29, 0.717) is 18.9 Å². The summed E-state index contributed by atoms with van der Waals surface area (Å²) in [5.74, 6) is 1.56. The van der Waals surface area contributed by atoms with Gasteiger partial charge in [-0.2, -0.15) is 5.10 Å². The summed E-state index contributed by atoms with van der Waals surface area (Å²) in [7, 11) is 0. The van der Waals surface area contributed by atoms with Crippen LogP contribution in [0.5, 0.6) is 11.5 Å². The molecule has 142 valence electrons. The van der Waals surface area contributed by atoms with Crippen LogP contribution in [0.25, 0.3) is 0 Å². The van der Waals surface area contributed by atoms with E-state index in [1.807, 2.05) is 72.8 Å². The molecule has 6 nitrogen and oxygen atoms in total. The molecule has 0 aromatic heterocycles. The largest absolute Gasteiger partial charge is 0.490 e. The Morgan fingerprint density at radius 2 is 1.36 bits per heavy atom. The van der Waals surface area contributed by atoms with E-state index in [1.54, 1.807) is 18.3 Å². The van der Waals surface area contributed by atoms with Gasteiger partial charge in [0.05, 0.1) is 6.21 Å². The Bertz CT molecular complexity index is 882. The number of urea groups is 1. The Labute approximate surface area is 163 Å². The van der Waals surface area contributed by atoms with Gasteiger partial charge in [-0.05, 0) is 54.1 Å². The lowest BCUT2D eigenvalue weighted by Gasteiger charge is -2.08. The molecule has 2 amide bonds. The molecule has 0 aliphatic heterocycles. The molecule has 0 aliphatic carbocycles. The van der Waals surface area contributed by atoms with Crippen LogP contribution >= 0.6 is 0 Å². The number of nitrogens with one attached hydrogen (secondary N) is 2. The fourth-order valence-electron chi connectivity index (χ4n) is 2.33. The molecule has 0 aliphatic rings. The minimum atomic E-state index is -0.402. The second kappa shape index (κ2) is 10.4. The van der Waals surface area contributed by atoms with Gasteiger partial charge in [-0.15, -0.1) is 0 Å². The number of carbonyl (C=O) groups excluding carboxylic acids is 1. The topological polar surface area (TPSA) is 72.0 Å². The molecule has 0 radical (unpaired) electrons. The van der Waals surface area contributed by atoms with E-state index < -0.39 is 6.03 Å². The van der Waals surface area contributed by atoms with E-state index in [4.69, 9.17) is 9.47 Å². The summed E-state index contributed by atoms with van der Waals surface area (Å²) >= 11 is 0. The number of ether oxygens (including phenoxy) is 2. The Morgan fingerprint density at radius 1 is 0.786 bits per heavy atom. The quantitative estimate of drug-likeness (QED) is 0.350. The Morgan fingerprint density at radius 3 is 2.00 bits per heavy atom. The van der Waals surface area contributed by atoms with E-state index >= 15 is 0 Å². The van der Waals surface area contributed by atoms with Crippen LogP contribution < -0.4 is 20.2 Å². The number of benzene rings is 3. The summed E-state index contributed by atoms with van der Waals surface area (Å²) < 4.78 is 11.2. The number of hydrogen-bond donors (Lipinski definition) is 2. The van der Waals surface area contributed by atoms with Crippen LogP contribution in [0.3, 0.4) is 0 Å². The smallest absolute Gasteiger partial charge is 0.339 e. The van der Waals surface area contributed by atoms with Gasteiger partial charge in [0.15, 0.2) is 0 Å². The zero-order valence-electron chi connectivity index (χ0n) is 15.2. The Hall–Kier alpha value is -3.80. The van der Waals surface area contributed by atoms with Crippen molar-refractivity contribution in [1.29, 1.82) is 0 Å². The number of rotatable bonds is 8. The number of para-hydroxylation sites is 2. The minimum absolute atomic E-state index is 0.402. The van der Waals surface area contributed by atoms with E-state index in [9.17, 15) is 4.79 Å². The molecule has 3 aromatic rings. The third-order valence-electron chi connectivity index (χ3n) is 3.66. The van der Waals surface area contributed by atoms with Crippen molar-refractivity contribution in [3.05, 3.63) is 90.5 Å². The molecular weight excluding hydrogens is 354 g/mol. The first-order valence-electron chi connectivity index (χ1n) is 8.85. The molecule has 0 atom stereocenters. The van der Waals surface area contributed by atoms with E-state index in [0.717, 1.165) is 17.1 Å². The predicted octanol–water partition coefficient (Wildman–Crippen LogP) is 4.30. The van der Waals surface area contributed by atoms with Gasteiger partial charge < -0.3 is 14.8 Å². The molecule has 0 unspecified atom stereocenters. The van der Waals surface area contributed by atoms with E-state index in [-0.39, 0.29) is 0 Å². The highest BCUT2D eigenvalue weighted by Gasteiger charge is 1.99. The van der Waals surface area contributed by atoms with Crippen LogP contribution in [0.4, 0.5) is 10.5 Å².